The van der Waals surface area contributed by atoms with Crippen molar-refractivity contribution in [3.05, 3.63) is 30.1 Å². The smallest absolute Gasteiger partial charge is 0.236 e. The average molecular weight is 358 g/mol. The molecule has 1 spiro atoms. The molecule has 0 saturated carbocycles. The molecular weight excluding hydrogens is 328 g/mol. The Morgan fingerprint density at radius 3 is 2.69 bits per heavy atom. The molecule has 0 N–H and O–H groups in total. The molecule has 2 aliphatic heterocycles. The van der Waals surface area contributed by atoms with Crippen LogP contribution in [-0.2, 0) is 16.0 Å². The summed E-state index contributed by atoms with van der Waals surface area (Å²) in [4.78, 5) is 34.7. The van der Waals surface area contributed by atoms with Gasteiger partial charge in [0.2, 0.25) is 11.8 Å². The van der Waals surface area contributed by atoms with Crippen molar-refractivity contribution in [3.8, 4) is 0 Å². The molecule has 0 bridgehead atoms. The molecule has 2 amide bonds. The first kappa shape index (κ1) is 18.8. The molecule has 2 saturated heterocycles. The number of rotatable bonds is 5. The SMILES string of the molecule is CN(C)CC(=O)N1CCC2(CCC(=O)N(CCc3cccnc3)C2)CC1. The Hall–Kier alpha value is -1.95. The summed E-state index contributed by atoms with van der Waals surface area (Å²) in [5.41, 5.74) is 1.36. The Labute approximate surface area is 156 Å². The fourth-order valence-corrected chi connectivity index (χ4v) is 4.13. The minimum atomic E-state index is 0.192. The van der Waals surface area contributed by atoms with E-state index in [9.17, 15) is 9.59 Å². The highest BCUT2D eigenvalue weighted by atomic mass is 16.2. The molecule has 0 aromatic carbocycles. The number of carbonyl (C=O) groups is 2. The summed E-state index contributed by atoms with van der Waals surface area (Å²) < 4.78 is 0. The Morgan fingerprint density at radius 1 is 1.27 bits per heavy atom. The van der Waals surface area contributed by atoms with Crippen LogP contribution in [0, 0.1) is 5.41 Å². The summed E-state index contributed by atoms with van der Waals surface area (Å²) >= 11 is 0. The van der Waals surface area contributed by atoms with Crippen LogP contribution < -0.4 is 0 Å². The molecule has 0 atom stereocenters. The largest absolute Gasteiger partial charge is 0.342 e. The Balaban J connectivity index is 1.54. The van der Waals surface area contributed by atoms with E-state index in [2.05, 4.69) is 11.1 Å². The molecule has 0 radical (unpaired) electrons. The van der Waals surface area contributed by atoms with Crippen LogP contribution in [0.1, 0.15) is 31.2 Å². The third kappa shape index (κ3) is 4.61. The molecule has 3 rings (SSSR count). The summed E-state index contributed by atoms with van der Waals surface area (Å²) in [6, 6.07) is 4.00. The molecule has 1 aromatic heterocycles. The number of amides is 2. The van der Waals surface area contributed by atoms with Gasteiger partial charge >= 0.3 is 0 Å². The van der Waals surface area contributed by atoms with Gasteiger partial charge in [-0.15, -0.1) is 0 Å². The van der Waals surface area contributed by atoms with E-state index < -0.39 is 0 Å². The zero-order chi connectivity index (χ0) is 18.6. The highest BCUT2D eigenvalue weighted by molar-refractivity contribution is 5.78. The first-order chi connectivity index (χ1) is 12.5. The van der Waals surface area contributed by atoms with Crippen LogP contribution in [0.5, 0.6) is 0 Å². The van der Waals surface area contributed by atoms with Gasteiger partial charge in [0.15, 0.2) is 0 Å². The quantitative estimate of drug-likeness (QED) is 0.799. The predicted molar refractivity (Wildman–Crippen MR) is 101 cm³/mol. The summed E-state index contributed by atoms with van der Waals surface area (Å²) in [5, 5.41) is 0. The van der Waals surface area contributed by atoms with E-state index in [1.807, 2.05) is 41.1 Å². The monoisotopic (exact) mass is 358 g/mol. The second-order valence-electron chi connectivity index (χ2n) is 8.05. The topological polar surface area (TPSA) is 56.8 Å². The van der Waals surface area contributed by atoms with Crippen molar-refractivity contribution in [1.82, 2.24) is 19.7 Å². The van der Waals surface area contributed by atoms with Gasteiger partial charge in [0.1, 0.15) is 0 Å². The highest BCUT2D eigenvalue weighted by Gasteiger charge is 2.41. The summed E-state index contributed by atoms with van der Waals surface area (Å²) in [6.07, 6.45) is 8.10. The number of hydrogen-bond donors (Lipinski definition) is 0. The number of aromatic nitrogens is 1. The fourth-order valence-electron chi connectivity index (χ4n) is 4.13. The van der Waals surface area contributed by atoms with E-state index in [1.54, 1.807) is 6.20 Å². The predicted octanol–water partition coefficient (Wildman–Crippen LogP) is 1.42. The average Bonchev–Trinajstić information content (AvgIpc) is 2.63. The molecular formula is C20H30N4O2. The number of pyridine rings is 1. The highest BCUT2D eigenvalue weighted by Crippen LogP contribution is 2.40. The molecule has 1 aromatic rings. The molecule has 6 heteroatoms. The van der Waals surface area contributed by atoms with Crippen molar-refractivity contribution in [2.75, 3.05) is 46.8 Å². The third-order valence-electron chi connectivity index (χ3n) is 5.77. The molecule has 3 heterocycles. The second kappa shape index (κ2) is 8.16. The van der Waals surface area contributed by atoms with E-state index in [4.69, 9.17) is 0 Å². The van der Waals surface area contributed by atoms with E-state index >= 15 is 0 Å². The van der Waals surface area contributed by atoms with Gasteiger partial charge in [-0.25, -0.2) is 0 Å². The fraction of sp³-hybridized carbons (Fsp3) is 0.650. The summed E-state index contributed by atoms with van der Waals surface area (Å²) in [6.45, 7) is 3.70. The lowest BCUT2D eigenvalue weighted by atomic mass is 9.72. The lowest BCUT2D eigenvalue weighted by molar-refractivity contribution is -0.142. The molecule has 6 nitrogen and oxygen atoms in total. The Morgan fingerprint density at radius 2 is 2.04 bits per heavy atom. The Kier molecular flexibility index (Phi) is 5.91. The first-order valence-corrected chi connectivity index (χ1v) is 9.57. The van der Waals surface area contributed by atoms with Gasteiger partial charge in [-0.3, -0.25) is 14.6 Å². The number of carbonyl (C=O) groups excluding carboxylic acids is 2. The summed E-state index contributed by atoms with van der Waals surface area (Å²) in [5.74, 6) is 0.482. The molecule has 2 aliphatic rings. The summed E-state index contributed by atoms with van der Waals surface area (Å²) in [7, 11) is 3.85. The Bertz CT molecular complexity index is 624. The van der Waals surface area contributed by atoms with Crippen molar-refractivity contribution in [2.45, 2.75) is 32.1 Å². The van der Waals surface area contributed by atoms with Crippen molar-refractivity contribution in [1.29, 1.82) is 0 Å². The van der Waals surface area contributed by atoms with Crippen molar-refractivity contribution in [3.63, 3.8) is 0 Å². The van der Waals surface area contributed by atoms with Gasteiger partial charge in [0, 0.05) is 45.0 Å². The third-order valence-corrected chi connectivity index (χ3v) is 5.77. The van der Waals surface area contributed by atoms with Crippen LogP contribution in [0.25, 0.3) is 0 Å². The lowest BCUT2D eigenvalue weighted by Gasteiger charge is -2.47. The van der Waals surface area contributed by atoms with Crippen molar-refractivity contribution >= 4 is 11.8 Å². The second-order valence-corrected chi connectivity index (χ2v) is 8.05. The normalized spacial score (nSPS) is 20.0. The van der Waals surface area contributed by atoms with Crippen LogP contribution in [0.4, 0.5) is 0 Å². The van der Waals surface area contributed by atoms with Gasteiger partial charge in [-0.05, 0) is 56.8 Å². The van der Waals surface area contributed by atoms with Gasteiger partial charge < -0.3 is 14.7 Å². The van der Waals surface area contributed by atoms with Crippen LogP contribution in [0.2, 0.25) is 0 Å². The maximum atomic E-state index is 12.4. The van der Waals surface area contributed by atoms with Crippen LogP contribution in [0.15, 0.2) is 24.5 Å². The molecule has 0 unspecified atom stereocenters. The van der Waals surface area contributed by atoms with Crippen LogP contribution in [-0.4, -0.2) is 78.3 Å². The van der Waals surface area contributed by atoms with E-state index in [1.165, 1.54) is 5.56 Å². The number of likely N-dealkylation sites (N-methyl/N-ethyl adjacent to an activating group) is 1. The van der Waals surface area contributed by atoms with Gasteiger partial charge in [-0.1, -0.05) is 6.07 Å². The van der Waals surface area contributed by atoms with E-state index in [0.29, 0.717) is 13.0 Å². The van der Waals surface area contributed by atoms with Gasteiger partial charge in [0.05, 0.1) is 6.54 Å². The van der Waals surface area contributed by atoms with Crippen molar-refractivity contribution in [2.24, 2.45) is 5.41 Å². The van der Waals surface area contributed by atoms with Crippen molar-refractivity contribution < 1.29 is 9.59 Å². The molecule has 2 fully saturated rings. The molecule has 142 valence electrons. The molecule has 26 heavy (non-hydrogen) atoms. The molecule has 0 aliphatic carbocycles. The van der Waals surface area contributed by atoms with E-state index in [-0.39, 0.29) is 17.2 Å². The maximum Gasteiger partial charge on any atom is 0.236 e. The minimum Gasteiger partial charge on any atom is -0.342 e. The van der Waals surface area contributed by atoms with Gasteiger partial charge in [-0.2, -0.15) is 0 Å². The van der Waals surface area contributed by atoms with Crippen LogP contribution in [0.3, 0.4) is 0 Å². The van der Waals surface area contributed by atoms with Gasteiger partial charge in [0.25, 0.3) is 0 Å². The standard InChI is InChI=1S/C20H30N4O2/c1-22(2)15-19(26)23-12-8-20(9-13-23)7-5-18(25)24(16-20)11-6-17-4-3-10-21-14-17/h3-4,10,14H,5-9,11-13,15-16H2,1-2H3. The first-order valence-electron chi connectivity index (χ1n) is 9.57. The maximum absolute atomic E-state index is 12.4. The van der Waals surface area contributed by atoms with Crippen LogP contribution >= 0.6 is 0 Å². The minimum absolute atomic E-state index is 0.192. The zero-order valence-electron chi connectivity index (χ0n) is 16.0. The lowest BCUT2D eigenvalue weighted by Crippen LogP contribution is -2.53. The number of hydrogen-bond acceptors (Lipinski definition) is 4. The van der Waals surface area contributed by atoms with E-state index in [0.717, 1.165) is 51.9 Å². The number of nitrogens with zero attached hydrogens (tertiary/aromatic N) is 4. The zero-order valence-corrected chi connectivity index (χ0v) is 16.0. The number of piperidine rings is 2. The number of likely N-dealkylation sites (tertiary alicyclic amines) is 2.